The Morgan fingerprint density at radius 1 is 1.11 bits per heavy atom. The van der Waals surface area contributed by atoms with Crippen molar-refractivity contribution in [3.8, 4) is 0 Å². The average molecular weight is 296 g/mol. The lowest BCUT2D eigenvalue weighted by Crippen LogP contribution is -2.07. The minimum absolute atomic E-state index is 0.0552. The standard InChI is InChI=1S/C13H10ClNO3S/c1-9-2-5-11(6-3-9)19(17,18)15-10-4-7-13(16)12(14)8-10/h2-8H,1H3/b15-10+. The van der Waals surface area contributed by atoms with Crippen LogP contribution in [0.2, 0.25) is 0 Å². The second-order valence-electron chi connectivity index (χ2n) is 3.99. The van der Waals surface area contributed by atoms with Gasteiger partial charge in [0.1, 0.15) is 0 Å². The number of allylic oxidation sites excluding steroid dienone is 4. The van der Waals surface area contributed by atoms with Gasteiger partial charge in [-0.15, -0.1) is 0 Å². The summed E-state index contributed by atoms with van der Waals surface area (Å²) in [5.74, 6) is -0.367. The van der Waals surface area contributed by atoms with Crippen molar-refractivity contribution in [3.05, 3.63) is 53.1 Å². The van der Waals surface area contributed by atoms with E-state index in [1.807, 2.05) is 6.92 Å². The highest BCUT2D eigenvalue weighted by Gasteiger charge is 2.15. The smallest absolute Gasteiger partial charge is 0.282 e. The Bertz CT molecular complexity index is 713. The summed E-state index contributed by atoms with van der Waals surface area (Å²) >= 11 is 5.64. The number of rotatable bonds is 2. The van der Waals surface area contributed by atoms with Gasteiger partial charge in [-0.2, -0.15) is 12.8 Å². The van der Waals surface area contributed by atoms with Crippen molar-refractivity contribution in [3.63, 3.8) is 0 Å². The zero-order chi connectivity index (χ0) is 14.0. The monoisotopic (exact) mass is 295 g/mol. The predicted molar refractivity (Wildman–Crippen MR) is 73.9 cm³/mol. The molecule has 0 aliphatic heterocycles. The Labute approximate surface area is 116 Å². The molecule has 0 heterocycles. The number of carbonyl (C=O) groups is 1. The largest absolute Gasteiger partial charge is 0.288 e. The van der Waals surface area contributed by atoms with Crippen molar-refractivity contribution in [1.29, 1.82) is 0 Å². The molecular formula is C13H10ClNO3S. The fraction of sp³-hybridized carbons (Fsp3) is 0.0769. The lowest BCUT2D eigenvalue weighted by atomic mass is 10.2. The first kappa shape index (κ1) is 13.7. The van der Waals surface area contributed by atoms with E-state index in [4.69, 9.17) is 11.6 Å². The van der Waals surface area contributed by atoms with Crippen LogP contribution in [0.4, 0.5) is 0 Å². The van der Waals surface area contributed by atoms with E-state index < -0.39 is 10.0 Å². The molecule has 0 bridgehead atoms. The molecular weight excluding hydrogens is 286 g/mol. The molecule has 1 aliphatic rings. The highest BCUT2D eigenvalue weighted by atomic mass is 35.5. The fourth-order valence-corrected chi connectivity index (χ4v) is 2.60. The van der Waals surface area contributed by atoms with E-state index >= 15 is 0 Å². The van der Waals surface area contributed by atoms with Crippen molar-refractivity contribution in [1.82, 2.24) is 0 Å². The Kier molecular flexibility index (Phi) is 3.68. The van der Waals surface area contributed by atoms with Crippen molar-refractivity contribution in [2.45, 2.75) is 11.8 Å². The zero-order valence-electron chi connectivity index (χ0n) is 10.00. The van der Waals surface area contributed by atoms with Gasteiger partial charge in [-0.25, -0.2) is 0 Å². The van der Waals surface area contributed by atoms with Gasteiger partial charge < -0.3 is 0 Å². The third kappa shape index (κ3) is 3.19. The molecule has 0 amide bonds. The summed E-state index contributed by atoms with van der Waals surface area (Å²) in [4.78, 5) is 11.2. The van der Waals surface area contributed by atoms with Gasteiger partial charge in [-0.1, -0.05) is 29.3 Å². The van der Waals surface area contributed by atoms with E-state index in [1.165, 1.54) is 30.4 Å². The molecule has 98 valence electrons. The first-order valence-electron chi connectivity index (χ1n) is 5.40. The van der Waals surface area contributed by atoms with Crippen LogP contribution in [0.15, 0.2) is 56.8 Å². The first-order valence-corrected chi connectivity index (χ1v) is 7.21. The van der Waals surface area contributed by atoms with Crippen LogP contribution in [0.1, 0.15) is 5.56 Å². The maximum atomic E-state index is 12.0. The summed E-state index contributed by atoms with van der Waals surface area (Å²) in [6, 6.07) is 6.35. The van der Waals surface area contributed by atoms with Crippen molar-refractivity contribution >= 4 is 33.1 Å². The van der Waals surface area contributed by atoms with Crippen molar-refractivity contribution < 1.29 is 13.2 Å². The number of benzene rings is 1. The highest BCUT2D eigenvalue weighted by Crippen LogP contribution is 2.16. The second kappa shape index (κ2) is 5.11. The molecule has 1 aromatic carbocycles. The molecule has 0 N–H and O–H groups in total. The van der Waals surface area contributed by atoms with E-state index in [2.05, 4.69) is 4.40 Å². The van der Waals surface area contributed by atoms with Crippen LogP contribution in [-0.4, -0.2) is 19.9 Å². The van der Waals surface area contributed by atoms with Gasteiger partial charge >= 0.3 is 0 Å². The molecule has 0 unspecified atom stereocenters. The molecule has 0 saturated heterocycles. The summed E-state index contributed by atoms with van der Waals surface area (Å²) in [5, 5.41) is -0.0552. The minimum Gasteiger partial charge on any atom is -0.288 e. The summed E-state index contributed by atoms with van der Waals surface area (Å²) in [5.41, 5.74) is 1.09. The van der Waals surface area contributed by atoms with E-state index in [9.17, 15) is 13.2 Å². The lowest BCUT2D eigenvalue weighted by molar-refractivity contribution is -0.110. The van der Waals surface area contributed by atoms with Crippen molar-refractivity contribution in [2.75, 3.05) is 0 Å². The van der Waals surface area contributed by atoms with Crippen LogP contribution in [0.5, 0.6) is 0 Å². The van der Waals surface area contributed by atoms with Crippen molar-refractivity contribution in [2.24, 2.45) is 4.40 Å². The summed E-state index contributed by atoms with van der Waals surface area (Å²) in [6.07, 6.45) is 3.74. The molecule has 0 radical (unpaired) electrons. The number of carbonyl (C=O) groups excluding carboxylic acids is 1. The SMILES string of the molecule is Cc1ccc(S(=O)(=O)/N=C2\C=CC(=O)C(Cl)=C2)cc1. The number of halogens is 1. The zero-order valence-corrected chi connectivity index (χ0v) is 11.6. The van der Waals surface area contributed by atoms with Gasteiger partial charge in [0.05, 0.1) is 15.6 Å². The van der Waals surface area contributed by atoms with E-state index in [-0.39, 0.29) is 21.4 Å². The molecule has 0 spiro atoms. The molecule has 0 fully saturated rings. The number of hydrogen-bond donors (Lipinski definition) is 0. The number of ketones is 1. The molecule has 1 aromatic rings. The molecule has 1 aliphatic carbocycles. The average Bonchev–Trinajstić information content (AvgIpc) is 2.34. The first-order chi connectivity index (χ1) is 8.88. The minimum atomic E-state index is -3.80. The van der Waals surface area contributed by atoms with Gasteiger partial charge in [-0.05, 0) is 37.3 Å². The van der Waals surface area contributed by atoms with E-state index in [1.54, 1.807) is 12.1 Å². The fourth-order valence-electron chi connectivity index (χ4n) is 1.45. The Morgan fingerprint density at radius 3 is 2.32 bits per heavy atom. The van der Waals surface area contributed by atoms with Gasteiger partial charge in [0.15, 0.2) is 5.78 Å². The molecule has 6 heteroatoms. The predicted octanol–water partition coefficient (Wildman–Crippen LogP) is 2.39. The maximum absolute atomic E-state index is 12.0. The van der Waals surface area contributed by atoms with Gasteiger partial charge in [0.25, 0.3) is 10.0 Å². The number of nitrogens with zero attached hydrogens (tertiary/aromatic N) is 1. The van der Waals surface area contributed by atoms with Crippen LogP contribution in [0.3, 0.4) is 0 Å². The molecule has 4 nitrogen and oxygen atoms in total. The normalized spacial score (nSPS) is 17.7. The Morgan fingerprint density at radius 2 is 1.74 bits per heavy atom. The van der Waals surface area contributed by atoms with Crippen LogP contribution >= 0.6 is 11.6 Å². The van der Waals surface area contributed by atoms with Crippen LogP contribution < -0.4 is 0 Å². The molecule has 0 atom stereocenters. The van der Waals surface area contributed by atoms with Gasteiger partial charge in [0.2, 0.25) is 0 Å². The van der Waals surface area contributed by atoms with E-state index in [0.717, 1.165) is 5.56 Å². The highest BCUT2D eigenvalue weighted by molar-refractivity contribution is 7.90. The lowest BCUT2D eigenvalue weighted by Gasteiger charge is -2.03. The molecule has 0 saturated carbocycles. The summed E-state index contributed by atoms with van der Waals surface area (Å²) in [6.45, 7) is 1.86. The van der Waals surface area contributed by atoms with Gasteiger partial charge in [-0.3, -0.25) is 4.79 Å². The van der Waals surface area contributed by atoms with Crippen LogP contribution in [-0.2, 0) is 14.8 Å². The third-order valence-electron chi connectivity index (χ3n) is 2.46. The number of aryl methyl sites for hydroxylation is 1. The second-order valence-corrected chi connectivity index (χ2v) is 6.01. The quantitative estimate of drug-likeness (QED) is 0.787. The third-order valence-corrected chi connectivity index (χ3v) is 4.07. The molecule has 19 heavy (non-hydrogen) atoms. The Hall–Kier alpha value is -1.72. The van der Waals surface area contributed by atoms with Gasteiger partial charge in [0, 0.05) is 0 Å². The number of sulfonamides is 1. The molecule has 0 aromatic heterocycles. The topological polar surface area (TPSA) is 63.6 Å². The maximum Gasteiger partial charge on any atom is 0.282 e. The van der Waals surface area contributed by atoms with Crippen LogP contribution in [0, 0.1) is 6.92 Å². The summed E-state index contributed by atoms with van der Waals surface area (Å²) < 4.78 is 27.7. The van der Waals surface area contributed by atoms with Crippen LogP contribution in [0.25, 0.3) is 0 Å². The summed E-state index contributed by atoms with van der Waals surface area (Å²) in [7, 11) is -3.80. The number of hydrogen-bond acceptors (Lipinski definition) is 3. The molecule has 2 rings (SSSR count). The Balaban J connectivity index is 2.40. The van der Waals surface area contributed by atoms with E-state index in [0.29, 0.717) is 0 Å².